The summed E-state index contributed by atoms with van der Waals surface area (Å²) in [7, 11) is -3.62. The van der Waals surface area contributed by atoms with Gasteiger partial charge in [0.05, 0.1) is 18.0 Å². The molecule has 0 aliphatic carbocycles. The number of sulfonamides is 1. The minimum Gasteiger partial charge on any atom is -0.376 e. The van der Waals surface area contributed by atoms with Crippen LogP contribution < -0.4 is 9.62 Å². The minimum absolute atomic E-state index is 0.000219. The molecule has 1 heterocycles. The molecule has 1 aromatic carbocycles. The van der Waals surface area contributed by atoms with Gasteiger partial charge >= 0.3 is 0 Å². The fraction of sp³-hybridized carbons (Fsp3) is 0.562. The van der Waals surface area contributed by atoms with Crippen molar-refractivity contribution >= 4 is 21.6 Å². The zero-order valence-electron chi connectivity index (χ0n) is 13.7. The summed E-state index contributed by atoms with van der Waals surface area (Å²) in [4.78, 5) is 11.8. The second-order valence-electron chi connectivity index (χ2n) is 5.83. The van der Waals surface area contributed by atoms with Crippen LogP contribution in [0.25, 0.3) is 0 Å². The van der Waals surface area contributed by atoms with Gasteiger partial charge < -0.3 is 10.1 Å². The van der Waals surface area contributed by atoms with Gasteiger partial charge in [0.15, 0.2) is 0 Å². The number of amides is 1. The van der Waals surface area contributed by atoms with Crippen molar-refractivity contribution < 1.29 is 22.3 Å². The van der Waals surface area contributed by atoms with Crippen LogP contribution in [-0.4, -0.2) is 46.4 Å². The first-order valence-corrected chi connectivity index (χ1v) is 9.83. The van der Waals surface area contributed by atoms with Crippen molar-refractivity contribution in [3.8, 4) is 0 Å². The van der Waals surface area contributed by atoms with Gasteiger partial charge in [0.2, 0.25) is 15.9 Å². The number of nitrogens with one attached hydrogen (secondary N) is 1. The lowest BCUT2D eigenvalue weighted by atomic mass is 10.2. The number of rotatable bonds is 8. The van der Waals surface area contributed by atoms with E-state index in [-0.39, 0.29) is 30.7 Å². The quantitative estimate of drug-likeness (QED) is 0.767. The van der Waals surface area contributed by atoms with E-state index in [0.29, 0.717) is 13.0 Å². The largest absolute Gasteiger partial charge is 0.376 e. The standard InChI is InChI=1S/C16H23FN2O4S/c1-24(21,22)19(15-8-3-2-7-14(15)17)10-4-9-16(20)18-12-13-6-5-11-23-13/h2-3,7-8,13H,4-6,9-12H2,1H3,(H,18,20). The number of hydrogen-bond acceptors (Lipinski definition) is 4. The van der Waals surface area contributed by atoms with Gasteiger partial charge in [0.25, 0.3) is 0 Å². The number of carbonyl (C=O) groups excluding carboxylic acids is 1. The molecule has 8 heteroatoms. The minimum atomic E-state index is -3.62. The molecule has 134 valence electrons. The number of nitrogens with zero attached hydrogens (tertiary/aromatic N) is 1. The Morgan fingerprint density at radius 1 is 1.42 bits per heavy atom. The number of halogens is 1. The zero-order chi connectivity index (χ0) is 17.6. The lowest BCUT2D eigenvalue weighted by Crippen LogP contribution is -2.34. The predicted molar refractivity (Wildman–Crippen MR) is 89.8 cm³/mol. The van der Waals surface area contributed by atoms with E-state index in [0.717, 1.165) is 30.0 Å². The molecule has 6 nitrogen and oxygen atoms in total. The molecule has 1 atom stereocenters. The molecule has 0 saturated carbocycles. The van der Waals surface area contributed by atoms with E-state index in [1.165, 1.54) is 18.2 Å². The van der Waals surface area contributed by atoms with Crippen molar-refractivity contribution in [3.05, 3.63) is 30.1 Å². The van der Waals surface area contributed by atoms with E-state index in [1.807, 2.05) is 0 Å². The molecular formula is C16H23FN2O4S. The van der Waals surface area contributed by atoms with Crippen LogP contribution in [0.15, 0.2) is 24.3 Å². The second kappa shape index (κ2) is 8.43. The molecule has 1 aromatic rings. The average Bonchev–Trinajstić information content (AvgIpc) is 3.03. The average molecular weight is 358 g/mol. The molecule has 2 rings (SSSR count). The smallest absolute Gasteiger partial charge is 0.232 e. The van der Waals surface area contributed by atoms with E-state index in [9.17, 15) is 17.6 Å². The normalized spacial score (nSPS) is 17.7. The number of para-hydroxylation sites is 1. The van der Waals surface area contributed by atoms with Crippen LogP contribution in [0.3, 0.4) is 0 Å². The summed E-state index contributed by atoms with van der Waals surface area (Å²) in [5.41, 5.74) is -0.000219. The molecule has 24 heavy (non-hydrogen) atoms. The van der Waals surface area contributed by atoms with Gasteiger partial charge in [-0.25, -0.2) is 12.8 Å². The molecule has 1 fully saturated rings. The molecule has 0 aromatic heterocycles. The SMILES string of the molecule is CS(=O)(=O)N(CCCC(=O)NCC1CCCO1)c1ccccc1F. The highest BCUT2D eigenvalue weighted by Gasteiger charge is 2.21. The first-order valence-electron chi connectivity index (χ1n) is 7.98. The summed E-state index contributed by atoms with van der Waals surface area (Å²) < 4.78 is 44.1. The maximum atomic E-state index is 13.9. The summed E-state index contributed by atoms with van der Waals surface area (Å²) in [6.45, 7) is 1.25. The third-order valence-electron chi connectivity index (χ3n) is 3.84. The van der Waals surface area contributed by atoms with Gasteiger partial charge in [-0.2, -0.15) is 0 Å². The molecule has 0 radical (unpaired) electrons. The van der Waals surface area contributed by atoms with E-state index in [1.54, 1.807) is 6.07 Å². The molecular weight excluding hydrogens is 335 g/mol. The maximum Gasteiger partial charge on any atom is 0.232 e. The number of ether oxygens (including phenoxy) is 1. The van der Waals surface area contributed by atoms with Crippen LogP contribution >= 0.6 is 0 Å². The third kappa shape index (κ3) is 5.45. The van der Waals surface area contributed by atoms with Crippen molar-refractivity contribution in [1.82, 2.24) is 5.32 Å². The van der Waals surface area contributed by atoms with Crippen LogP contribution in [0.1, 0.15) is 25.7 Å². The molecule has 0 spiro atoms. The topological polar surface area (TPSA) is 75.7 Å². The number of hydrogen-bond donors (Lipinski definition) is 1. The Bertz CT molecular complexity index is 660. The van der Waals surface area contributed by atoms with E-state index in [4.69, 9.17) is 4.74 Å². The van der Waals surface area contributed by atoms with E-state index < -0.39 is 15.8 Å². The van der Waals surface area contributed by atoms with Crippen LogP contribution in [0.2, 0.25) is 0 Å². The van der Waals surface area contributed by atoms with Crippen LogP contribution in [0, 0.1) is 5.82 Å². The lowest BCUT2D eigenvalue weighted by molar-refractivity contribution is -0.121. The van der Waals surface area contributed by atoms with E-state index in [2.05, 4.69) is 5.32 Å². The van der Waals surface area contributed by atoms with Gasteiger partial charge in [0.1, 0.15) is 5.82 Å². The number of carbonyl (C=O) groups is 1. The Kier molecular flexibility index (Phi) is 6.56. The monoisotopic (exact) mass is 358 g/mol. The summed E-state index contributed by atoms with van der Waals surface area (Å²) in [6.07, 6.45) is 3.52. The molecule has 1 amide bonds. The lowest BCUT2D eigenvalue weighted by Gasteiger charge is -2.22. The van der Waals surface area contributed by atoms with Crippen LogP contribution in [0.4, 0.5) is 10.1 Å². The fourth-order valence-electron chi connectivity index (χ4n) is 2.62. The highest BCUT2D eigenvalue weighted by Crippen LogP contribution is 2.21. The summed E-state index contributed by atoms with van der Waals surface area (Å²) in [5, 5.41) is 2.78. The second-order valence-corrected chi connectivity index (χ2v) is 7.74. The Morgan fingerprint density at radius 3 is 2.79 bits per heavy atom. The summed E-state index contributed by atoms with van der Waals surface area (Å²) in [6, 6.07) is 5.69. The zero-order valence-corrected chi connectivity index (χ0v) is 14.5. The molecule has 1 N–H and O–H groups in total. The van der Waals surface area contributed by atoms with Crippen LogP contribution in [0.5, 0.6) is 0 Å². The van der Waals surface area contributed by atoms with Crippen molar-refractivity contribution in [2.45, 2.75) is 31.8 Å². The van der Waals surface area contributed by atoms with Gasteiger partial charge in [-0.05, 0) is 31.4 Å². The first kappa shape index (κ1) is 18.7. The summed E-state index contributed by atoms with van der Waals surface area (Å²) in [5.74, 6) is -0.766. The van der Waals surface area contributed by atoms with E-state index >= 15 is 0 Å². The van der Waals surface area contributed by atoms with Crippen molar-refractivity contribution in [3.63, 3.8) is 0 Å². The first-order chi connectivity index (χ1) is 11.4. The summed E-state index contributed by atoms with van der Waals surface area (Å²) >= 11 is 0. The van der Waals surface area contributed by atoms with Gasteiger partial charge in [-0.1, -0.05) is 12.1 Å². The van der Waals surface area contributed by atoms with Crippen molar-refractivity contribution in [2.24, 2.45) is 0 Å². The predicted octanol–water partition coefficient (Wildman–Crippen LogP) is 1.67. The van der Waals surface area contributed by atoms with Crippen LogP contribution in [-0.2, 0) is 19.6 Å². The van der Waals surface area contributed by atoms with Gasteiger partial charge in [-0.15, -0.1) is 0 Å². The third-order valence-corrected chi connectivity index (χ3v) is 5.02. The van der Waals surface area contributed by atoms with Crippen molar-refractivity contribution in [1.29, 1.82) is 0 Å². The van der Waals surface area contributed by atoms with Gasteiger partial charge in [-0.3, -0.25) is 9.10 Å². The molecule has 1 unspecified atom stereocenters. The number of anilines is 1. The Hall–Kier alpha value is -1.67. The molecule has 1 aliphatic heterocycles. The molecule has 0 bridgehead atoms. The maximum absolute atomic E-state index is 13.9. The molecule has 1 saturated heterocycles. The Balaban J connectivity index is 1.85. The Morgan fingerprint density at radius 2 is 2.17 bits per heavy atom. The fourth-order valence-corrected chi connectivity index (χ4v) is 3.59. The highest BCUT2D eigenvalue weighted by atomic mass is 32.2. The number of benzene rings is 1. The van der Waals surface area contributed by atoms with Crippen molar-refractivity contribution in [2.75, 3.05) is 30.3 Å². The highest BCUT2D eigenvalue weighted by molar-refractivity contribution is 7.92. The Labute approximate surface area is 142 Å². The molecule has 1 aliphatic rings. The van der Waals surface area contributed by atoms with Gasteiger partial charge in [0, 0.05) is 26.1 Å².